The molecule has 2 unspecified atom stereocenters. The maximum atomic E-state index is 9.50. The van der Waals surface area contributed by atoms with Gasteiger partial charge in [0.1, 0.15) is 5.82 Å². The summed E-state index contributed by atoms with van der Waals surface area (Å²) < 4.78 is 11.9. The molecule has 39 heavy (non-hydrogen) atoms. The number of hydrogen-bond acceptors (Lipinski definition) is 1. The third-order valence-electron chi connectivity index (χ3n) is 7.50. The molecule has 2 aliphatic rings. The molecule has 2 aromatic carbocycles. The van der Waals surface area contributed by atoms with Gasteiger partial charge in [0.2, 0.25) is 0 Å². The molecule has 2 atom stereocenters. The highest BCUT2D eigenvalue weighted by atomic mass is 19.1. The van der Waals surface area contributed by atoms with Crippen LogP contribution in [0.5, 0.6) is 0 Å². The standard InChI is InChI=1S/C31H36N2.2C2H6.CH3F/c1-19-10-9-11-20(2)28(19)27-18-32-29-31(8)16-22(4)21(3)14-25(31)24-15-23(17-30(5,6)7)12-13-26(24)33(27)29;3*1-2/h9-16,18,21H,17H2,1-8H3;2*1-2H3;1H3. The lowest BCUT2D eigenvalue weighted by molar-refractivity contribution is 0.411. The summed E-state index contributed by atoms with van der Waals surface area (Å²) in [7, 11) is 0.500. The topological polar surface area (TPSA) is 17.8 Å². The summed E-state index contributed by atoms with van der Waals surface area (Å²) in [4.78, 5) is 5.09. The second-order valence-electron chi connectivity index (χ2n) is 11.6. The third-order valence-corrected chi connectivity index (χ3v) is 7.50. The van der Waals surface area contributed by atoms with Crippen molar-refractivity contribution in [3.8, 4) is 16.9 Å². The average molecular weight is 531 g/mol. The van der Waals surface area contributed by atoms with E-state index in [1.807, 2.05) is 27.7 Å². The number of rotatable bonds is 2. The van der Waals surface area contributed by atoms with Gasteiger partial charge in [-0.1, -0.05) is 97.4 Å². The molecule has 1 aliphatic carbocycles. The molecule has 1 aromatic heterocycles. The zero-order valence-corrected chi connectivity index (χ0v) is 26.8. The number of allylic oxidation sites excluding steroid dienone is 4. The lowest BCUT2D eigenvalue weighted by Gasteiger charge is -2.40. The highest BCUT2D eigenvalue weighted by Gasteiger charge is 2.43. The molecule has 0 bridgehead atoms. The lowest BCUT2D eigenvalue weighted by Crippen LogP contribution is -2.34. The van der Waals surface area contributed by atoms with Crippen LogP contribution in [0, 0.1) is 25.2 Å². The first-order valence-corrected chi connectivity index (χ1v) is 14.6. The fourth-order valence-electron chi connectivity index (χ4n) is 5.85. The van der Waals surface area contributed by atoms with Crippen LogP contribution in [0.3, 0.4) is 0 Å². The second-order valence-corrected chi connectivity index (χ2v) is 11.6. The number of imidazole rings is 1. The van der Waals surface area contributed by atoms with Gasteiger partial charge in [-0.3, -0.25) is 8.96 Å². The SMILES string of the molecule is CC.CC.CC1=CC2(C)C(=CC1C)c1cc(CC(C)(C)C)ccc1-n1c(-c3c(C)cccc3C)cnc12.CF. The Labute approximate surface area is 238 Å². The fourth-order valence-corrected chi connectivity index (χ4v) is 5.85. The second kappa shape index (κ2) is 12.9. The number of nitrogens with zero attached hydrogens (tertiary/aromatic N) is 2. The van der Waals surface area contributed by atoms with Crippen LogP contribution >= 0.6 is 0 Å². The van der Waals surface area contributed by atoms with E-state index in [9.17, 15) is 4.39 Å². The molecule has 0 N–H and O–H groups in total. The van der Waals surface area contributed by atoms with Crippen molar-refractivity contribution >= 4 is 5.57 Å². The van der Waals surface area contributed by atoms with Crippen molar-refractivity contribution in [2.24, 2.45) is 11.3 Å². The van der Waals surface area contributed by atoms with Gasteiger partial charge < -0.3 is 0 Å². The average Bonchev–Trinajstić information content (AvgIpc) is 3.34. The Bertz CT molecular complexity index is 1310. The maximum Gasteiger partial charge on any atom is 0.128 e. The van der Waals surface area contributed by atoms with Crippen molar-refractivity contribution in [1.29, 1.82) is 0 Å². The number of aromatic nitrogens is 2. The summed E-state index contributed by atoms with van der Waals surface area (Å²) >= 11 is 0. The minimum Gasteiger partial charge on any atom is -0.295 e. The van der Waals surface area contributed by atoms with Gasteiger partial charge in [0, 0.05) is 11.1 Å². The van der Waals surface area contributed by atoms with Crippen molar-refractivity contribution in [3.63, 3.8) is 0 Å². The first-order valence-electron chi connectivity index (χ1n) is 14.6. The molecule has 0 radical (unpaired) electrons. The highest BCUT2D eigenvalue weighted by Crippen LogP contribution is 2.51. The molecule has 2 heterocycles. The predicted octanol–water partition coefficient (Wildman–Crippen LogP) is 10.6. The molecule has 0 fully saturated rings. The summed E-state index contributed by atoms with van der Waals surface area (Å²) in [6, 6.07) is 13.7. The van der Waals surface area contributed by atoms with Crippen molar-refractivity contribution < 1.29 is 4.39 Å². The molecule has 0 saturated carbocycles. The zero-order valence-electron chi connectivity index (χ0n) is 26.8. The minimum atomic E-state index is -0.237. The Hall–Kier alpha value is -2.94. The first kappa shape index (κ1) is 32.3. The van der Waals surface area contributed by atoms with Crippen LogP contribution in [0.15, 0.2) is 60.3 Å². The summed E-state index contributed by atoms with van der Waals surface area (Å²) in [5, 5.41) is 0. The number of benzene rings is 2. The minimum absolute atomic E-state index is 0.237. The van der Waals surface area contributed by atoms with E-state index in [-0.39, 0.29) is 10.8 Å². The Morgan fingerprint density at radius 2 is 1.54 bits per heavy atom. The van der Waals surface area contributed by atoms with Crippen molar-refractivity contribution in [2.45, 2.75) is 94.9 Å². The molecule has 3 heteroatoms. The van der Waals surface area contributed by atoms with Crippen molar-refractivity contribution in [2.75, 3.05) is 7.18 Å². The Balaban J connectivity index is 0.000000833. The Morgan fingerprint density at radius 1 is 0.949 bits per heavy atom. The van der Waals surface area contributed by atoms with Crippen LogP contribution in [0.4, 0.5) is 4.39 Å². The molecule has 5 rings (SSSR count). The maximum absolute atomic E-state index is 9.50. The number of halogens is 1. The quantitative estimate of drug-likeness (QED) is 0.301. The smallest absolute Gasteiger partial charge is 0.128 e. The predicted molar refractivity (Wildman–Crippen MR) is 170 cm³/mol. The van der Waals surface area contributed by atoms with E-state index < -0.39 is 0 Å². The van der Waals surface area contributed by atoms with Gasteiger partial charge in [0.05, 0.1) is 30.2 Å². The van der Waals surface area contributed by atoms with Gasteiger partial charge in [0.15, 0.2) is 0 Å². The van der Waals surface area contributed by atoms with Crippen LogP contribution in [-0.4, -0.2) is 16.7 Å². The van der Waals surface area contributed by atoms with Gasteiger partial charge in [-0.2, -0.15) is 0 Å². The van der Waals surface area contributed by atoms with Gasteiger partial charge in [-0.15, -0.1) is 0 Å². The van der Waals surface area contributed by atoms with E-state index in [1.54, 1.807) is 0 Å². The first-order chi connectivity index (χ1) is 18.5. The number of alkyl halides is 1. The molecule has 0 amide bonds. The summed E-state index contributed by atoms with van der Waals surface area (Å²) in [6.07, 6.45) is 8.09. The van der Waals surface area contributed by atoms with Crippen LogP contribution in [0.2, 0.25) is 0 Å². The molecule has 3 aromatic rings. The van der Waals surface area contributed by atoms with Crippen LogP contribution in [0.25, 0.3) is 22.5 Å². The molecular weight excluding hydrogens is 479 g/mol. The monoisotopic (exact) mass is 530 g/mol. The Morgan fingerprint density at radius 3 is 2.10 bits per heavy atom. The normalized spacial score (nSPS) is 18.8. The van der Waals surface area contributed by atoms with E-state index >= 15 is 0 Å². The Kier molecular flexibility index (Phi) is 10.7. The number of aryl methyl sites for hydroxylation is 2. The van der Waals surface area contributed by atoms with Gasteiger partial charge in [-0.05, 0) is 79.8 Å². The fraction of sp³-hybridized carbons (Fsp3) is 0.472. The number of fused-ring (bicyclic) bond motifs is 6. The van der Waals surface area contributed by atoms with E-state index in [4.69, 9.17) is 4.98 Å². The molecule has 2 nitrogen and oxygen atoms in total. The van der Waals surface area contributed by atoms with E-state index in [0.717, 1.165) is 12.2 Å². The summed E-state index contributed by atoms with van der Waals surface area (Å²) in [5.74, 6) is 1.56. The molecule has 0 spiro atoms. The van der Waals surface area contributed by atoms with Crippen LogP contribution in [-0.2, 0) is 11.8 Å². The van der Waals surface area contributed by atoms with Crippen LogP contribution < -0.4 is 0 Å². The van der Waals surface area contributed by atoms with Crippen molar-refractivity contribution in [1.82, 2.24) is 9.55 Å². The van der Waals surface area contributed by atoms with E-state index in [1.165, 1.54) is 50.3 Å². The van der Waals surface area contributed by atoms with Gasteiger partial charge in [-0.25, -0.2) is 4.98 Å². The van der Waals surface area contributed by atoms with E-state index in [0.29, 0.717) is 13.1 Å². The zero-order chi connectivity index (χ0) is 29.7. The molecular formula is C36H51FN2. The molecule has 1 aliphatic heterocycles. The van der Waals surface area contributed by atoms with E-state index in [2.05, 4.69) is 115 Å². The van der Waals surface area contributed by atoms with Gasteiger partial charge >= 0.3 is 0 Å². The largest absolute Gasteiger partial charge is 0.295 e. The number of hydrogen-bond donors (Lipinski definition) is 0. The molecule has 212 valence electrons. The van der Waals surface area contributed by atoms with Gasteiger partial charge in [0.25, 0.3) is 0 Å². The lowest BCUT2D eigenvalue weighted by atomic mass is 9.68. The summed E-state index contributed by atoms with van der Waals surface area (Å²) in [6.45, 7) is 26.3. The third kappa shape index (κ3) is 6.13. The van der Waals surface area contributed by atoms with Crippen LogP contribution in [0.1, 0.15) is 97.3 Å². The molecule has 0 saturated heterocycles. The van der Waals surface area contributed by atoms with Crippen molar-refractivity contribution in [3.05, 3.63) is 88.4 Å². The highest BCUT2D eigenvalue weighted by molar-refractivity contribution is 5.87. The summed E-state index contributed by atoms with van der Waals surface area (Å²) in [5.41, 5.74) is 11.9.